The summed E-state index contributed by atoms with van der Waals surface area (Å²) in [5.74, 6) is 1.40. The third-order valence-electron chi connectivity index (χ3n) is 3.17. The molecule has 2 aromatic heterocycles. The molecule has 0 bridgehead atoms. The van der Waals surface area contributed by atoms with E-state index in [2.05, 4.69) is 34.1 Å². The molecule has 110 valence electrons. The standard InChI is InChI=1S/C14H21ClN4S/c1-3-4-5-12-18-11(13(15)19-12)9-16-8-10(2)14-17-6-7-20-14/h6-7,10,16H,3-5,8-9H2,1-2H3,(H,18,19). The average molecular weight is 313 g/mol. The second-order valence-electron chi connectivity index (χ2n) is 4.96. The van der Waals surface area contributed by atoms with E-state index >= 15 is 0 Å². The van der Waals surface area contributed by atoms with Crippen LogP contribution < -0.4 is 5.32 Å². The van der Waals surface area contributed by atoms with Crippen LogP contribution in [0.1, 0.15) is 49.1 Å². The summed E-state index contributed by atoms with van der Waals surface area (Å²) in [6.45, 7) is 5.95. The summed E-state index contributed by atoms with van der Waals surface area (Å²) in [7, 11) is 0. The minimum Gasteiger partial charge on any atom is -0.344 e. The Balaban J connectivity index is 1.80. The quantitative estimate of drug-likeness (QED) is 0.780. The third kappa shape index (κ3) is 4.30. The molecule has 0 aliphatic heterocycles. The fraction of sp³-hybridized carbons (Fsp3) is 0.571. The molecule has 0 saturated heterocycles. The first-order valence-corrected chi connectivity index (χ1v) is 8.29. The van der Waals surface area contributed by atoms with Crippen LogP contribution in [0.3, 0.4) is 0 Å². The van der Waals surface area contributed by atoms with Gasteiger partial charge in [0.1, 0.15) is 5.82 Å². The number of nitrogens with one attached hydrogen (secondary N) is 2. The summed E-state index contributed by atoms with van der Waals surface area (Å²) < 4.78 is 0. The highest BCUT2D eigenvalue weighted by molar-refractivity contribution is 7.09. The number of halogens is 1. The monoisotopic (exact) mass is 312 g/mol. The SMILES string of the molecule is CCCCc1nc(Cl)c(CNCC(C)c2nccs2)[nH]1. The summed E-state index contributed by atoms with van der Waals surface area (Å²) in [6.07, 6.45) is 5.11. The average Bonchev–Trinajstić information content (AvgIpc) is 3.07. The molecule has 1 unspecified atom stereocenters. The normalized spacial score (nSPS) is 12.8. The van der Waals surface area contributed by atoms with E-state index in [0.717, 1.165) is 42.3 Å². The number of imidazole rings is 1. The van der Waals surface area contributed by atoms with Gasteiger partial charge in [0.15, 0.2) is 5.15 Å². The van der Waals surface area contributed by atoms with Crippen LogP contribution in [0.25, 0.3) is 0 Å². The van der Waals surface area contributed by atoms with Crippen molar-refractivity contribution in [3.05, 3.63) is 33.3 Å². The first-order valence-electron chi connectivity index (χ1n) is 7.04. The molecule has 0 radical (unpaired) electrons. The lowest BCUT2D eigenvalue weighted by molar-refractivity contribution is 0.606. The van der Waals surface area contributed by atoms with E-state index in [1.807, 2.05) is 11.6 Å². The van der Waals surface area contributed by atoms with E-state index in [9.17, 15) is 0 Å². The van der Waals surface area contributed by atoms with Gasteiger partial charge in [0.05, 0.1) is 10.7 Å². The van der Waals surface area contributed by atoms with Crippen LogP contribution >= 0.6 is 22.9 Å². The summed E-state index contributed by atoms with van der Waals surface area (Å²) in [4.78, 5) is 12.0. The van der Waals surface area contributed by atoms with E-state index in [4.69, 9.17) is 11.6 Å². The first kappa shape index (κ1) is 15.5. The van der Waals surface area contributed by atoms with Gasteiger partial charge >= 0.3 is 0 Å². The van der Waals surface area contributed by atoms with Gasteiger partial charge in [-0.1, -0.05) is 31.9 Å². The van der Waals surface area contributed by atoms with Crippen LogP contribution in [-0.4, -0.2) is 21.5 Å². The van der Waals surface area contributed by atoms with Crippen molar-refractivity contribution in [2.24, 2.45) is 0 Å². The van der Waals surface area contributed by atoms with Crippen LogP contribution in [0.2, 0.25) is 5.15 Å². The zero-order valence-electron chi connectivity index (χ0n) is 11.9. The lowest BCUT2D eigenvalue weighted by Crippen LogP contribution is -2.20. The number of H-pyrrole nitrogens is 1. The molecule has 2 N–H and O–H groups in total. The lowest BCUT2D eigenvalue weighted by atomic mass is 10.2. The zero-order valence-corrected chi connectivity index (χ0v) is 13.5. The predicted octanol–water partition coefficient (Wildman–Crippen LogP) is 3.76. The van der Waals surface area contributed by atoms with Gasteiger partial charge in [0, 0.05) is 37.0 Å². The van der Waals surface area contributed by atoms with Crippen LogP contribution in [0.5, 0.6) is 0 Å². The molecule has 2 aromatic rings. The summed E-state index contributed by atoms with van der Waals surface area (Å²) in [5, 5.41) is 7.17. The van der Waals surface area contributed by atoms with Crippen LogP contribution in [-0.2, 0) is 13.0 Å². The van der Waals surface area contributed by atoms with Crippen LogP contribution in [0.4, 0.5) is 0 Å². The molecule has 2 heterocycles. The molecule has 0 fully saturated rings. The van der Waals surface area contributed by atoms with Crippen molar-refractivity contribution in [3.8, 4) is 0 Å². The van der Waals surface area contributed by atoms with Gasteiger partial charge in [-0.15, -0.1) is 11.3 Å². The lowest BCUT2D eigenvalue weighted by Gasteiger charge is -2.09. The van der Waals surface area contributed by atoms with Crippen LogP contribution in [0.15, 0.2) is 11.6 Å². The minimum absolute atomic E-state index is 0.413. The maximum Gasteiger partial charge on any atom is 0.151 e. The van der Waals surface area contributed by atoms with Gasteiger partial charge in [-0.2, -0.15) is 0 Å². The molecule has 4 nitrogen and oxygen atoms in total. The molecular weight excluding hydrogens is 292 g/mol. The van der Waals surface area contributed by atoms with Crippen molar-refractivity contribution >= 4 is 22.9 Å². The third-order valence-corrected chi connectivity index (χ3v) is 4.49. The molecule has 0 aromatic carbocycles. The smallest absolute Gasteiger partial charge is 0.151 e. The van der Waals surface area contributed by atoms with Gasteiger partial charge in [0.2, 0.25) is 0 Å². The molecule has 0 amide bonds. The predicted molar refractivity (Wildman–Crippen MR) is 84.4 cm³/mol. The maximum atomic E-state index is 6.15. The van der Waals surface area contributed by atoms with Crippen molar-refractivity contribution in [1.29, 1.82) is 0 Å². The Hall–Kier alpha value is -0.910. The Labute approximate surface area is 129 Å². The fourth-order valence-corrected chi connectivity index (χ4v) is 2.91. The Kier molecular flexibility index (Phi) is 6.01. The topological polar surface area (TPSA) is 53.6 Å². The van der Waals surface area contributed by atoms with Crippen molar-refractivity contribution in [3.63, 3.8) is 0 Å². The largest absolute Gasteiger partial charge is 0.344 e. The number of aromatic amines is 1. The number of hydrogen-bond acceptors (Lipinski definition) is 4. The second-order valence-corrected chi connectivity index (χ2v) is 6.24. The number of rotatable bonds is 8. The van der Waals surface area contributed by atoms with E-state index in [-0.39, 0.29) is 0 Å². The van der Waals surface area contributed by atoms with E-state index in [1.54, 1.807) is 11.3 Å². The van der Waals surface area contributed by atoms with Crippen molar-refractivity contribution in [2.75, 3.05) is 6.54 Å². The number of unbranched alkanes of at least 4 members (excludes halogenated alkanes) is 1. The molecule has 0 aliphatic carbocycles. The van der Waals surface area contributed by atoms with E-state index in [1.165, 1.54) is 0 Å². The molecule has 2 rings (SSSR count). The molecule has 0 saturated carbocycles. The maximum absolute atomic E-state index is 6.15. The van der Waals surface area contributed by atoms with Gasteiger partial charge in [-0.3, -0.25) is 0 Å². The number of thiazole rings is 1. The molecule has 1 atom stereocenters. The minimum atomic E-state index is 0.413. The Morgan fingerprint density at radius 2 is 2.35 bits per heavy atom. The molecule has 0 spiro atoms. The summed E-state index contributed by atoms with van der Waals surface area (Å²) in [5.41, 5.74) is 0.976. The number of nitrogens with zero attached hydrogens (tertiary/aromatic N) is 2. The number of hydrogen-bond donors (Lipinski definition) is 2. The van der Waals surface area contributed by atoms with Crippen LogP contribution in [0, 0.1) is 0 Å². The Morgan fingerprint density at radius 3 is 3.05 bits per heavy atom. The van der Waals surface area contributed by atoms with Crippen molar-refractivity contribution < 1.29 is 0 Å². The Morgan fingerprint density at radius 1 is 1.50 bits per heavy atom. The fourth-order valence-electron chi connectivity index (χ4n) is 2.00. The van der Waals surface area contributed by atoms with Crippen molar-refractivity contribution in [2.45, 2.75) is 45.6 Å². The van der Waals surface area contributed by atoms with E-state index < -0.39 is 0 Å². The summed E-state index contributed by atoms with van der Waals surface area (Å²) in [6, 6.07) is 0. The Bertz CT molecular complexity index is 509. The van der Waals surface area contributed by atoms with Crippen molar-refractivity contribution in [1.82, 2.24) is 20.3 Å². The molecule has 6 heteroatoms. The van der Waals surface area contributed by atoms with Gasteiger partial charge in [-0.05, 0) is 6.42 Å². The highest BCUT2D eigenvalue weighted by atomic mass is 35.5. The highest BCUT2D eigenvalue weighted by Gasteiger charge is 2.10. The van der Waals surface area contributed by atoms with Gasteiger partial charge in [0.25, 0.3) is 0 Å². The van der Waals surface area contributed by atoms with E-state index in [0.29, 0.717) is 17.6 Å². The number of aromatic nitrogens is 3. The summed E-state index contributed by atoms with van der Waals surface area (Å²) >= 11 is 7.84. The van der Waals surface area contributed by atoms with Gasteiger partial charge in [-0.25, -0.2) is 9.97 Å². The highest BCUT2D eigenvalue weighted by Crippen LogP contribution is 2.17. The molecule has 0 aliphatic rings. The molecular formula is C14H21ClN4S. The zero-order chi connectivity index (χ0) is 14.4. The first-order chi connectivity index (χ1) is 9.70. The second kappa shape index (κ2) is 7.76. The molecule has 20 heavy (non-hydrogen) atoms. The number of aryl methyl sites for hydroxylation is 1. The van der Waals surface area contributed by atoms with Gasteiger partial charge < -0.3 is 10.3 Å².